The summed E-state index contributed by atoms with van der Waals surface area (Å²) in [6, 6.07) is 6.96. The molecule has 1 unspecified atom stereocenters. The summed E-state index contributed by atoms with van der Waals surface area (Å²) in [6.45, 7) is 1.52. The van der Waals surface area contributed by atoms with Gasteiger partial charge in [-0.3, -0.25) is 5.43 Å². The van der Waals surface area contributed by atoms with Gasteiger partial charge in [-0.1, -0.05) is 12.1 Å². The van der Waals surface area contributed by atoms with E-state index < -0.39 is 0 Å². The average Bonchev–Trinajstić information content (AvgIpc) is 2.92. The Kier molecular flexibility index (Phi) is 5.11. The number of ether oxygens (including phenoxy) is 1. The van der Waals surface area contributed by atoms with Gasteiger partial charge in [0.15, 0.2) is 5.11 Å². The molecule has 102 valence electrons. The Labute approximate surface area is 117 Å². The van der Waals surface area contributed by atoms with E-state index in [0.29, 0.717) is 17.2 Å². The van der Waals surface area contributed by atoms with Gasteiger partial charge in [-0.25, -0.2) is 0 Å². The summed E-state index contributed by atoms with van der Waals surface area (Å²) >= 11 is 5.08. The SMILES string of the molecule is Oc1ccccc1/C=N/NC(=S)NCC1CCCO1. The Morgan fingerprint density at radius 3 is 3.11 bits per heavy atom. The first-order chi connectivity index (χ1) is 9.25. The molecule has 0 radical (unpaired) electrons. The van der Waals surface area contributed by atoms with Crippen molar-refractivity contribution >= 4 is 23.5 Å². The van der Waals surface area contributed by atoms with Crippen molar-refractivity contribution in [3.8, 4) is 5.75 Å². The van der Waals surface area contributed by atoms with Crippen LogP contribution in [0.4, 0.5) is 0 Å². The van der Waals surface area contributed by atoms with Gasteiger partial charge in [0, 0.05) is 18.7 Å². The fourth-order valence-electron chi connectivity index (χ4n) is 1.81. The number of para-hydroxylation sites is 1. The molecule has 0 bridgehead atoms. The predicted molar refractivity (Wildman–Crippen MR) is 78.4 cm³/mol. The number of hydrazone groups is 1. The summed E-state index contributed by atoms with van der Waals surface area (Å²) in [5.74, 6) is 0.186. The van der Waals surface area contributed by atoms with E-state index >= 15 is 0 Å². The molecule has 0 aromatic heterocycles. The van der Waals surface area contributed by atoms with E-state index in [1.54, 1.807) is 18.2 Å². The zero-order valence-corrected chi connectivity index (χ0v) is 11.3. The molecule has 19 heavy (non-hydrogen) atoms. The Balaban J connectivity index is 1.72. The smallest absolute Gasteiger partial charge is 0.187 e. The van der Waals surface area contributed by atoms with Crippen LogP contribution in [-0.4, -0.2) is 35.7 Å². The van der Waals surface area contributed by atoms with Crippen molar-refractivity contribution in [3.05, 3.63) is 29.8 Å². The van der Waals surface area contributed by atoms with Gasteiger partial charge < -0.3 is 15.2 Å². The van der Waals surface area contributed by atoms with Gasteiger partial charge in [-0.15, -0.1) is 0 Å². The first-order valence-electron chi connectivity index (χ1n) is 6.22. The molecule has 1 fully saturated rings. The molecule has 1 aliphatic heterocycles. The second-order valence-electron chi connectivity index (χ2n) is 4.27. The van der Waals surface area contributed by atoms with Crippen LogP contribution in [0, 0.1) is 0 Å². The van der Waals surface area contributed by atoms with E-state index in [-0.39, 0.29) is 11.9 Å². The molecule has 1 aromatic carbocycles. The highest BCUT2D eigenvalue weighted by Gasteiger charge is 2.14. The van der Waals surface area contributed by atoms with Crippen molar-refractivity contribution in [1.82, 2.24) is 10.7 Å². The van der Waals surface area contributed by atoms with E-state index in [1.165, 1.54) is 6.21 Å². The second kappa shape index (κ2) is 7.06. The third-order valence-electron chi connectivity index (χ3n) is 2.82. The minimum Gasteiger partial charge on any atom is -0.507 e. The van der Waals surface area contributed by atoms with Crippen LogP contribution in [0.25, 0.3) is 0 Å². The molecule has 1 atom stereocenters. The number of nitrogens with zero attached hydrogens (tertiary/aromatic N) is 1. The standard InChI is InChI=1S/C13H17N3O2S/c17-12-6-2-1-4-10(12)8-15-16-13(19)14-9-11-5-3-7-18-11/h1-2,4,6,8,11,17H,3,5,7,9H2,(H2,14,16,19)/b15-8+. The summed E-state index contributed by atoms with van der Waals surface area (Å²) in [5, 5.41) is 17.0. The van der Waals surface area contributed by atoms with Crippen LogP contribution in [0.5, 0.6) is 5.75 Å². The minimum absolute atomic E-state index is 0.186. The highest BCUT2D eigenvalue weighted by Crippen LogP contribution is 2.12. The van der Waals surface area contributed by atoms with Crippen molar-refractivity contribution in [2.24, 2.45) is 5.10 Å². The summed E-state index contributed by atoms with van der Waals surface area (Å²) in [4.78, 5) is 0. The third-order valence-corrected chi connectivity index (χ3v) is 3.06. The van der Waals surface area contributed by atoms with Crippen LogP contribution in [0.1, 0.15) is 18.4 Å². The van der Waals surface area contributed by atoms with Crippen molar-refractivity contribution in [3.63, 3.8) is 0 Å². The molecule has 0 amide bonds. The van der Waals surface area contributed by atoms with Crippen LogP contribution in [0.2, 0.25) is 0 Å². The number of phenols is 1. The van der Waals surface area contributed by atoms with E-state index in [2.05, 4.69) is 15.8 Å². The molecule has 1 aromatic rings. The first-order valence-corrected chi connectivity index (χ1v) is 6.63. The van der Waals surface area contributed by atoms with Crippen molar-refractivity contribution in [1.29, 1.82) is 0 Å². The summed E-state index contributed by atoms with van der Waals surface area (Å²) < 4.78 is 5.47. The summed E-state index contributed by atoms with van der Waals surface area (Å²) in [7, 11) is 0. The Morgan fingerprint density at radius 2 is 2.37 bits per heavy atom. The number of rotatable bonds is 4. The Morgan fingerprint density at radius 1 is 1.53 bits per heavy atom. The molecule has 6 heteroatoms. The lowest BCUT2D eigenvalue weighted by molar-refractivity contribution is 0.114. The number of hydrogen-bond donors (Lipinski definition) is 3. The molecule has 3 N–H and O–H groups in total. The maximum atomic E-state index is 9.54. The molecule has 0 spiro atoms. The number of nitrogens with one attached hydrogen (secondary N) is 2. The third kappa shape index (κ3) is 4.50. The number of hydrogen-bond acceptors (Lipinski definition) is 4. The van der Waals surface area contributed by atoms with Crippen LogP contribution >= 0.6 is 12.2 Å². The zero-order chi connectivity index (χ0) is 13.5. The molecule has 1 heterocycles. The van der Waals surface area contributed by atoms with Gasteiger partial charge in [0.05, 0.1) is 12.3 Å². The number of benzene rings is 1. The Bertz CT molecular complexity index is 459. The lowest BCUT2D eigenvalue weighted by Crippen LogP contribution is -2.37. The van der Waals surface area contributed by atoms with Crippen LogP contribution in [0.15, 0.2) is 29.4 Å². The van der Waals surface area contributed by atoms with Gasteiger partial charge in [0.25, 0.3) is 0 Å². The molecule has 2 rings (SSSR count). The largest absolute Gasteiger partial charge is 0.507 e. The molecule has 0 saturated carbocycles. The lowest BCUT2D eigenvalue weighted by Gasteiger charge is -2.11. The fourth-order valence-corrected chi connectivity index (χ4v) is 1.94. The van der Waals surface area contributed by atoms with E-state index in [0.717, 1.165) is 19.4 Å². The van der Waals surface area contributed by atoms with E-state index in [4.69, 9.17) is 17.0 Å². The number of aromatic hydroxyl groups is 1. The quantitative estimate of drug-likeness (QED) is 0.441. The van der Waals surface area contributed by atoms with Crippen LogP contribution < -0.4 is 10.7 Å². The van der Waals surface area contributed by atoms with Gasteiger partial charge in [-0.2, -0.15) is 5.10 Å². The normalized spacial score (nSPS) is 18.6. The number of phenolic OH excluding ortho intramolecular Hbond substituents is 1. The second-order valence-corrected chi connectivity index (χ2v) is 4.68. The van der Waals surface area contributed by atoms with Crippen LogP contribution in [0.3, 0.4) is 0 Å². The predicted octanol–water partition coefficient (Wildman–Crippen LogP) is 1.37. The maximum absolute atomic E-state index is 9.54. The molecule has 1 aliphatic rings. The van der Waals surface area contributed by atoms with Gasteiger partial charge in [0.2, 0.25) is 0 Å². The highest BCUT2D eigenvalue weighted by atomic mass is 32.1. The highest BCUT2D eigenvalue weighted by molar-refractivity contribution is 7.80. The summed E-state index contributed by atoms with van der Waals surface area (Å²) in [6.07, 6.45) is 3.94. The zero-order valence-electron chi connectivity index (χ0n) is 10.5. The van der Waals surface area contributed by atoms with Crippen molar-refractivity contribution < 1.29 is 9.84 Å². The molecule has 1 saturated heterocycles. The van der Waals surface area contributed by atoms with Gasteiger partial charge in [-0.05, 0) is 37.2 Å². The Hall–Kier alpha value is -1.66. The topological polar surface area (TPSA) is 65.9 Å². The van der Waals surface area contributed by atoms with E-state index in [1.807, 2.05) is 6.07 Å². The molecular weight excluding hydrogens is 262 g/mol. The van der Waals surface area contributed by atoms with E-state index in [9.17, 15) is 5.11 Å². The average molecular weight is 279 g/mol. The summed E-state index contributed by atoms with van der Waals surface area (Å²) in [5.41, 5.74) is 3.34. The fraction of sp³-hybridized carbons (Fsp3) is 0.385. The van der Waals surface area contributed by atoms with Crippen molar-refractivity contribution in [2.75, 3.05) is 13.2 Å². The monoisotopic (exact) mass is 279 g/mol. The van der Waals surface area contributed by atoms with Gasteiger partial charge >= 0.3 is 0 Å². The van der Waals surface area contributed by atoms with Crippen LogP contribution in [-0.2, 0) is 4.74 Å². The first kappa shape index (κ1) is 13.8. The number of thiocarbonyl (C=S) groups is 1. The lowest BCUT2D eigenvalue weighted by atomic mass is 10.2. The molecular formula is C13H17N3O2S. The molecule has 0 aliphatic carbocycles. The minimum atomic E-state index is 0.186. The van der Waals surface area contributed by atoms with Gasteiger partial charge in [0.1, 0.15) is 5.75 Å². The van der Waals surface area contributed by atoms with Crippen molar-refractivity contribution in [2.45, 2.75) is 18.9 Å². The maximum Gasteiger partial charge on any atom is 0.187 e. The molecule has 5 nitrogen and oxygen atoms in total.